The van der Waals surface area contributed by atoms with Gasteiger partial charge in [0.25, 0.3) is 0 Å². The number of anilines is 1. The second-order valence-electron chi connectivity index (χ2n) is 7.60. The first-order valence-corrected chi connectivity index (χ1v) is 11.7. The van der Waals surface area contributed by atoms with Crippen LogP contribution in [0.15, 0.2) is 49.1 Å². The molecule has 0 saturated carbocycles. The molecule has 2 aromatic heterocycles. The van der Waals surface area contributed by atoms with E-state index in [1.54, 1.807) is 31.6 Å². The smallest absolute Gasteiger partial charge is 0.233 e. The molecule has 0 aliphatic carbocycles. The molecule has 0 aliphatic heterocycles. The van der Waals surface area contributed by atoms with Gasteiger partial charge in [0.15, 0.2) is 16.6 Å². The maximum Gasteiger partial charge on any atom is 0.233 e. The zero-order valence-electron chi connectivity index (χ0n) is 18.7. The van der Waals surface area contributed by atoms with E-state index in [0.717, 1.165) is 34.3 Å². The van der Waals surface area contributed by atoms with Crippen LogP contribution in [0.1, 0.15) is 17.5 Å². The van der Waals surface area contributed by atoms with E-state index in [-0.39, 0.29) is 12.3 Å². The van der Waals surface area contributed by atoms with Crippen LogP contribution in [0.3, 0.4) is 0 Å². The lowest BCUT2D eigenvalue weighted by atomic mass is 10.1. The van der Waals surface area contributed by atoms with Crippen molar-refractivity contribution in [3.63, 3.8) is 0 Å². The number of halogens is 1. The van der Waals surface area contributed by atoms with Crippen molar-refractivity contribution >= 4 is 44.2 Å². The number of hydrogen-bond acceptors (Lipinski definition) is 6. The Morgan fingerprint density at radius 1 is 1.18 bits per heavy atom. The van der Waals surface area contributed by atoms with Gasteiger partial charge in [0.2, 0.25) is 5.91 Å². The molecule has 33 heavy (non-hydrogen) atoms. The first-order chi connectivity index (χ1) is 16.0. The van der Waals surface area contributed by atoms with Crippen molar-refractivity contribution < 1.29 is 14.3 Å². The van der Waals surface area contributed by atoms with Gasteiger partial charge >= 0.3 is 0 Å². The topological polar surface area (TPSA) is 69.5 Å². The Morgan fingerprint density at radius 3 is 2.70 bits per heavy atom. The number of hydrogen-bond donors (Lipinski definition) is 0. The van der Waals surface area contributed by atoms with Crippen molar-refractivity contribution in [1.82, 2.24) is 14.5 Å². The lowest BCUT2D eigenvalue weighted by molar-refractivity contribution is -0.118. The molecular formula is C24H25ClN4O3S. The normalized spacial score (nSPS) is 11.0. The quantitative estimate of drug-likeness (QED) is 0.329. The van der Waals surface area contributed by atoms with Crippen molar-refractivity contribution in [3.05, 3.63) is 65.2 Å². The highest BCUT2D eigenvalue weighted by Gasteiger charge is 2.22. The molecule has 7 nitrogen and oxygen atoms in total. The van der Waals surface area contributed by atoms with E-state index < -0.39 is 0 Å². The Hall–Kier alpha value is -3.10. The van der Waals surface area contributed by atoms with Gasteiger partial charge in [-0.15, -0.1) is 0 Å². The zero-order valence-corrected chi connectivity index (χ0v) is 20.3. The van der Waals surface area contributed by atoms with E-state index in [4.69, 9.17) is 26.1 Å². The van der Waals surface area contributed by atoms with Crippen LogP contribution < -0.4 is 14.4 Å². The van der Waals surface area contributed by atoms with Crippen LogP contribution in [-0.2, 0) is 17.8 Å². The molecule has 0 radical (unpaired) electrons. The molecule has 0 unspecified atom stereocenters. The monoisotopic (exact) mass is 484 g/mol. The summed E-state index contributed by atoms with van der Waals surface area (Å²) in [6.07, 6.45) is 6.41. The summed E-state index contributed by atoms with van der Waals surface area (Å²) in [4.78, 5) is 24.1. The van der Waals surface area contributed by atoms with E-state index in [1.807, 2.05) is 48.0 Å². The third kappa shape index (κ3) is 5.12. The summed E-state index contributed by atoms with van der Waals surface area (Å²) in [5, 5.41) is 1.29. The first-order valence-electron chi connectivity index (χ1n) is 10.5. The van der Waals surface area contributed by atoms with Gasteiger partial charge in [0.05, 0.1) is 42.2 Å². The number of aryl methyl sites for hydroxylation is 2. The van der Waals surface area contributed by atoms with Gasteiger partial charge in [-0.1, -0.05) is 35.1 Å². The van der Waals surface area contributed by atoms with Crippen LogP contribution in [0.2, 0.25) is 5.02 Å². The minimum absolute atomic E-state index is 0.0410. The lowest BCUT2D eigenvalue weighted by Gasteiger charge is -2.20. The number of carbonyl (C=O) groups excluding carboxylic acids is 1. The van der Waals surface area contributed by atoms with E-state index >= 15 is 0 Å². The van der Waals surface area contributed by atoms with E-state index in [2.05, 4.69) is 4.98 Å². The summed E-state index contributed by atoms with van der Waals surface area (Å²) >= 11 is 7.87. The average Bonchev–Trinajstić information content (AvgIpc) is 3.50. The molecule has 0 saturated heterocycles. The Morgan fingerprint density at radius 2 is 2.00 bits per heavy atom. The van der Waals surface area contributed by atoms with Crippen molar-refractivity contribution in [1.29, 1.82) is 0 Å². The number of fused-ring (bicyclic) bond motifs is 1. The Balaban J connectivity index is 1.61. The molecule has 172 valence electrons. The largest absolute Gasteiger partial charge is 0.493 e. The molecule has 0 spiro atoms. The fourth-order valence-electron chi connectivity index (χ4n) is 3.62. The van der Waals surface area contributed by atoms with Crippen molar-refractivity contribution in [2.75, 3.05) is 25.7 Å². The average molecular weight is 485 g/mol. The molecule has 9 heteroatoms. The molecule has 4 aromatic rings. The van der Waals surface area contributed by atoms with Gasteiger partial charge in [-0.05, 0) is 42.7 Å². The molecule has 0 atom stereocenters. The third-order valence-electron chi connectivity index (χ3n) is 5.38. The predicted octanol–water partition coefficient (Wildman–Crippen LogP) is 5.14. The van der Waals surface area contributed by atoms with Gasteiger partial charge in [-0.25, -0.2) is 9.97 Å². The number of thiazole rings is 1. The molecule has 2 aromatic carbocycles. The van der Waals surface area contributed by atoms with Crippen LogP contribution in [0.5, 0.6) is 11.5 Å². The van der Waals surface area contributed by atoms with Gasteiger partial charge in [0, 0.05) is 25.5 Å². The highest BCUT2D eigenvalue weighted by molar-refractivity contribution is 7.23. The number of nitrogens with zero attached hydrogens (tertiary/aromatic N) is 4. The number of imidazole rings is 1. The molecule has 4 rings (SSSR count). The fraction of sp³-hybridized carbons (Fsp3) is 0.292. The van der Waals surface area contributed by atoms with E-state index in [1.165, 1.54) is 11.3 Å². The first kappa shape index (κ1) is 23.1. The van der Waals surface area contributed by atoms with Crippen molar-refractivity contribution in [2.24, 2.45) is 0 Å². The van der Waals surface area contributed by atoms with Gasteiger partial charge in [-0.2, -0.15) is 0 Å². The summed E-state index contributed by atoms with van der Waals surface area (Å²) in [5.74, 6) is 1.18. The SMILES string of the molecule is COc1ccc(CC(=O)N(CCCn2ccnc2)c2nc3c(C)ccc(Cl)c3s2)cc1OC. The molecule has 0 fully saturated rings. The molecule has 0 N–H and O–H groups in total. The maximum atomic E-state index is 13.5. The molecular weight excluding hydrogens is 460 g/mol. The lowest BCUT2D eigenvalue weighted by Crippen LogP contribution is -2.33. The van der Waals surface area contributed by atoms with Gasteiger partial charge in [-0.3, -0.25) is 9.69 Å². The number of ether oxygens (including phenoxy) is 2. The number of carbonyl (C=O) groups is 1. The van der Waals surface area contributed by atoms with Gasteiger partial charge in [0.1, 0.15) is 0 Å². The highest BCUT2D eigenvalue weighted by atomic mass is 35.5. The maximum absolute atomic E-state index is 13.5. The van der Waals surface area contributed by atoms with Crippen LogP contribution in [0.25, 0.3) is 10.2 Å². The Labute approximate surface area is 201 Å². The minimum atomic E-state index is -0.0410. The van der Waals surface area contributed by atoms with Crippen LogP contribution in [-0.4, -0.2) is 41.2 Å². The summed E-state index contributed by atoms with van der Waals surface area (Å²) in [6, 6.07) is 9.34. The number of benzene rings is 2. The van der Waals surface area contributed by atoms with Crippen LogP contribution in [0, 0.1) is 6.92 Å². The fourth-order valence-corrected chi connectivity index (χ4v) is 4.98. The molecule has 1 amide bonds. The molecule has 0 aliphatic rings. The van der Waals surface area contributed by atoms with Gasteiger partial charge < -0.3 is 14.0 Å². The zero-order chi connectivity index (χ0) is 23.4. The molecule has 2 heterocycles. The summed E-state index contributed by atoms with van der Waals surface area (Å²) < 4.78 is 13.6. The predicted molar refractivity (Wildman–Crippen MR) is 132 cm³/mol. The highest BCUT2D eigenvalue weighted by Crippen LogP contribution is 2.36. The number of rotatable bonds is 9. The standard InChI is InChI=1S/C24H25ClN4O3S/c1-16-5-7-18(25)23-22(16)27-24(33-23)29(11-4-10-28-12-9-26-15-28)21(30)14-17-6-8-19(31-2)20(13-17)32-3/h5-9,12-13,15H,4,10-11,14H2,1-3H3. The summed E-state index contributed by atoms with van der Waals surface area (Å²) in [7, 11) is 3.17. The number of amides is 1. The second-order valence-corrected chi connectivity index (χ2v) is 8.99. The van der Waals surface area contributed by atoms with Crippen molar-refractivity contribution in [2.45, 2.75) is 26.3 Å². The molecule has 0 bridgehead atoms. The van der Waals surface area contributed by atoms with Crippen LogP contribution >= 0.6 is 22.9 Å². The number of aromatic nitrogens is 3. The van der Waals surface area contributed by atoms with Crippen LogP contribution in [0.4, 0.5) is 5.13 Å². The Bertz CT molecular complexity index is 1220. The second kappa shape index (κ2) is 10.2. The van der Waals surface area contributed by atoms with E-state index in [0.29, 0.717) is 28.2 Å². The third-order valence-corrected chi connectivity index (χ3v) is 6.92. The van der Waals surface area contributed by atoms with E-state index in [9.17, 15) is 4.79 Å². The Kier molecular flexibility index (Phi) is 7.15. The minimum Gasteiger partial charge on any atom is -0.493 e. The summed E-state index contributed by atoms with van der Waals surface area (Å²) in [6.45, 7) is 3.28. The number of methoxy groups -OCH3 is 2. The van der Waals surface area contributed by atoms with Crippen molar-refractivity contribution in [3.8, 4) is 11.5 Å². The summed E-state index contributed by atoms with van der Waals surface area (Å²) in [5.41, 5.74) is 2.70.